The molecule has 0 fully saturated rings. The average Bonchev–Trinajstić information content (AvgIpc) is 2.39. The lowest BCUT2D eigenvalue weighted by Crippen LogP contribution is -1.96. The Bertz CT molecular complexity index is 626. The van der Waals surface area contributed by atoms with E-state index in [1.54, 1.807) is 19.2 Å². The van der Waals surface area contributed by atoms with Crippen LogP contribution in [-0.2, 0) is 0 Å². The second-order valence-corrected chi connectivity index (χ2v) is 7.16. The molecule has 0 heterocycles. The van der Waals surface area contributed by atoms with Crippen LogP contribution in [0, 0.1) is 0 Å². The molecule has 0 radical (unpaired) electrons. The maximum atomic E-state index is 6.29. The van der Waals surface area contributed by atoms with Gasteiger partial charge in [-0.2, -0.15) is 0 Å². The summed E-state index contributed by atoms with van der Waals surface area (Å²) in [6, 6.07) is 9.16. The number of alkyl halides is 1. The van der Waals surface area contributed by atoms with Crippen LogP contribution in [-0.4, -0.2) is 7.11 Å². The lowest BCUT2D eigenvalue weighted by Gasteiger charge is -2.15. The molecule has 2 rings (SSSR count). The van der Waals surface area contributed by atoms with Crippen molar-refractivity contribution in [3.05, 3.63) is 61.0 Å². The first-order chi connectivity index (χ1) is 9.42. The van der Waals surface area contributed by atoms with Crippen LogP contribution in [0.25, 0.3) is 0 Å². The van der Waals surface area contributed by atoms with E-state index in [1.807, 2.05) is 18.2 Å². The van der Waals surface area contributed by atoms with Gasteiger partial charge in [-0.1, -0.05) is 66.7 Å². The van der Waals surface area contributed by atoms with Gasteiger partial charge >= 0.3 is 0 Å². The Morgan fingerprint density at radius 1 is 1.00 bits per heavy atom. The highest BCUT2D eigenvalue weighted by atomic mass is 79.9. The van der Waals surface area contributed by atoms with Crippen LogP contribution in [0.3, 0.4) is 0 Å². The molecule has 0 bridgehead atoms. The first kappa shape index (κ1) is 16.4. The molecule has 1 nitrogen and oxygen atoms in total. The molecule has 0 aliphatic rings. The van der Waals surface area contributed by atoms with Gasteiger partial charge < -0.3 is 4.74 Å². The molecule has 0 amide bonds. The molecule has 1 unspecified atom stereocenters. The van der Waals surface area contributed by atoms with E-state index in [-0.39, 0.29) is 4.83 Å². The molecular weight excluding hydrogens is 450 g/mol. The summed E-state index contributed by atoms with van der Waals surface area (Å²) in [6.45, 7) is 0. The molecule has 0 aromatic heterocycles. The van der Waals surface area contributed by atoms with Crippen LogP contribution in [0.5, 0.6) is 5.75 Å². The second-order valence-electron chi connectivity index (χ2n) is 4.07. The average molecular weight is 459 g/mol. The number of methoxy groups -OCH3 is 1. The molecule has 0 saturated heterocycles. The molecule has 2 aromatic carbocycles. The molecule has 6 heteroatoms. The largest absolute Gasteiger partial charge is 0.495 e. The summed E-state index contributed by atoms with van der Waals surface area (Å²) >= 11 is 25.6. The minimum absolute atomic E-state index is 0.117. The fourth-order valence-corrected chi connectivity index (χ4v) is 3.97. The van der Waals surface area contributed by atoms with Gasteiger partial charge in [0.15, 0.2) is 0 Å². The van der Waals surface area contributed by atoms with Gasteiger partial charge in [0, 0.05) is 20.6 Å². The van der Waals surface area contributed by atoms with Crippen LogP contribution in [0.2, 0.25) is 15.1 Å². The van der Waals surface area contributed by atoms with E-state index in [9.17, 15) is 0 Å². The number of benzene rings is 2. The van der Waals surface area contributed by atoms with Crippen molar-refractivity contribution in [3.8, 4) is 5.75 Å². The SMILES string of the molecule is COc1cc(Cl)c(C(Br)c2cc(Cl)cc(Br)c2)cc1Cl. The Hall–Kier alpha value is 0.0700. The van der Waals surface area contributed by atoms with Crippen molar-refractivity contribution in [1.82, 2.24) is 0 Å². The number of hydrogen-bond acceptors (Lipinski definition) is 1. The fraction of sp³-hybridized carbons (Fsp3) is 0.143. The first-order valence-electron chi connectivity index (χ1n) is 5.55. The lowest BCUT2D eigenvalue weighted by molar-refractivity contribution is 0.415. The van der Waals surface area contributed by atoms with E-state index in [4.69, 9.17) is 39.5 Å². The lowest BCUT2D eigenvalue weighted by atomic mass is 10.0. The molecule has 0 aliphatic heterocycles. The van der Waals surface area contributed by atoms with Crippen molar-refractivity contribution in [3.63, 3.8) is 0 Å². The van der Waals surface area contributed by atoms with Crippen LogP contribution >= 0.6 is 66.7 Å². The summed E-state index contributed by atoms with van der Waals surface area (Å²) in [5.74, 6) is 0.549. The van der Waals surface area contributed by atoms with Gasteiger partial charge in [-0.3, -0.25) is 0 Å². The zero-order valence-electron chi connectivity index (χ0n) is 10.3. The van der Waals surface area contributed by atoms with Gasteiger partial charge in [0.05, 0.1) is 17.0 Å². The molecule has 2 aromatic rings. The van der Waals surface area contributed by atoms with Crippen LogP contribution in [0.15, 0.2) is 34.8 Å². The molecule has 20 heavy (non-hydrogen) atoms. The summed E-state index contributed by atoms with van der Waals surface area (Å²) in [6.07, 6.45) is 0. The summed E-state index contributed by atoms with van der Waals surface area (Å²) in [7, 11) is 1.55. The minimum atomic E-state index is -0.117. The van der Waals surface area contributed by atoms with Gasteiger partial charge in [-0.15, -0.1) is 0 Å². The number of halogens is 5. The Balaban J connectivity index is 2.47. The molecule has 1 atom stereocenters. The zero-order chi connectivity index (χ0) is 14.9. The number of hydrogen-bond donors (Lipinski definition) is 0. The summed E-state index contributed by atoms with van der Waals surface area (Å²) in [4.78, 5) is -0.117. The summed E-state index contributed by atoms with van der Waals surface area (Å²) in [5.41, 5.74) is 1.83. The number of rotatable bonds is 3. The predicted octanol–water partition coefficient (Wildman–Crippen LogP) is 6.90. The first-order valence-corrected chi connectivity index (χ1v) is 8.39. The van der Waals surface area contributed by atoms with Crippen molar-refractivity contribution < 1.29 is 4.74 Å². The molecular formula is C14H9Br2Cl3O. The number of ether oxygens (including phenoxy) is 1. The van der Waals surface area contributed by atoms with Gasteiger partial charge in [0.1, 0.15) is 5.75 Å². The van der Waals surface area contributed by atoms with E-state index in [2.05, 4.69) is 31.9 Å². The Labute approximate surface area is 149 Å². The van der Waals surface area contributed by atoms with Crippen molar-refractivity contribution >= 4 is 66.7 Å². The monoisotopic (exact) mass is 456 g/mol. The van der Waals surface area contributed by atoms with E-state index in [0.717, 1.165) is 15.6 Å². The van der Waals surface area contributed by atoms with Gasteiger partial charge in [-0.25, -0.2) is 0 Å². The van der Waals surface area contributed by atoms with E-state index in [1.165, 1.54) is 0 Å². The highest BCUT2D eigenvalue weighted by molar-refractivity contribution is 9.10. The van der Waals surface area contributed by atoms with E-state index >= 15 is 0 Å². The van der Waals surface area contributed by atoms with Gasteiger partial charge in [-0.05, 0) is 35.4 Å². The normalized spacial score (nSPS) is 12.3. The van der Waals surface area contributed by atoms with Crippen molar-refractivity contribution in [2.45, 2.75) is 4.83 Å². The van der Waals surface area contributed by atoms with Gasteiger partial charge in [0.2, 0.25) is 0 Å². The topological polar surface area (TPSA) is 9.23 Å². The van der Waals surface area contributed by atoms with E-state index < -0.39 is 0 Å². The minimum Gasteiger partial charge on any atom is -0.495 e. The highest BCUT2D eigenvalue weighted by Gasteiger charge is 2.17. The molecule has 0 spiro atoms. The predicted molar refractivity (Wildman–Crippen MR) is 92.9 cm³/mol. The van der Waals surface area contributed by atoms with Crippen molar-refractivity contribution in [1.29, 1.82) is 0 Å². The van der Waals surface area contributed by atoms with Gasteiger partial charge in [0.25, 0.3) is 0 Å². The quantitative estimate of drug-likeness (QED) is 0.454. The standard InChI is InChI=1S/C14H9Br2Cl3O/c1-20-13-6-11(18)10(5-12(13)19)14(16)7-2-8(15)4-9(17)3-7/h2-6,14H,1H3. The van der Waals surface area contributed by atoms with Crippen LogP contribution in [0.1, 0.15) is 16.0 Å². The third-order valence-corrected chi connectivity index (χ3v) is 5.04. The maximum absolute atomic E-state index is 6.29. The highest BCUT2D eigenvalue weighted by Crippen LogP contribution is 2.41. The smallest absolute Gasteiger partial charge is 0.138 e. The summed E-state index contributed by atoms with van der Waals surface area (Å²) in [5, 5.41) is 1.73. The summed E-state index contributed by atoms with van der Waals surface area (Å²) < 4.78 is 6.05. The Kier molecular flexibility index (Phi) is 5.66. The Morgan fingerprint density at radius 2 is 1.70 bits per heavy atom. The molecule has 0 aliphatic carbocycles. The van der Waals surface area contributed by atoms with Crippen molar-refractivity contribution in [2.75, 3.05) is 7.11 Å². The third-order valence-electron chi connectivity index (χ3n) is 2.72. The molecule has 106 valence electrons. The fourth-order valence-electron chi connectivity index (χ4n) is 1.80. The molecule has 0 saturated carbocycles. The van der Waals surface area contributed by atoms with Crippen LogP contribution < -0.4 is 4.74 Å². The van der Waals surface area contributed by atoms with E-state index in [0.29, 0.717) is 20.8 Å². The van der Waals surface area contributed by atoms with Crippen molar-refractivity contribution in [2.24, 2.45) is 0 Å². The third kappa shape index (κ3) is 3.63. The zero-order valence-corrected chi connectivity index (χ0v) is 15.7. The second kappa shape index (κ2) is 6.89. The maximum Gasteiger partial charge on any atom is 0.138 e. The molecule has 0 N–H and O–H groups in total. The van der Waals surface area contributed by atoms with Crippen LogP contribution in [0.4, 0.5) is 0 Å². The Morgan fingerprint density at radius 3 is 2.30 bits per heavy atom.